The van der Waals surface area contributed by atoms with E-state index >= 15 is 0 Å². The first-order valence-electron chi connectivity index (χ1n) is 6.07. The number of rotatable bonds is 3. The molecule has 0 spiro atoms. The van der Waals surface area contributed by atoms with Gasteiger partial charge in [-0.25, -0.2) is 9.78 Å². The molecule has 1 aliphatic heterocycles. The first kappa shape index (κ1) is 10.8. The highest BCUT2D eigenvalue weighted by molar-refractivity contribution is 5.85. The minimum atomic E-state index is -1.01. The van der Waals surface area contributed by atoms with Gasteiger partial charge in [0.05, 0.1) is 5.69 Å². The Morgan fingerprint density at radius 3 is 2.47 bits per heavy atom. The molecule has 0 bridgehead atoms. The molecular weight excluding hydrogens is 222 g/mol. The van der Waals surface area contributed by atoms with E-state index in [2.05, 4.69) is 4.98 Å². The van der Waals surface area contributed by atoms with Gasteiger partial charge in [-0.1, -0.05) is 0 Å². The molecule has 17 heavy (non-hydrogen) atoms. The van der Waals surface area contributed by atoms with Gasteiger partial charge in [0.1, 0.15) is 0 Å². The van der Waals surface area contributed by atoms with Gasteiger partial charge in [0.25, 0.3) is 0 Å². The van der Waals surface area contributed by atoms with Crippen molar-refractivity contribution in [3.05, 3.63) is 17.3 Å². The fraction of sp³-hybridized carbons (Fsp3) is 0.667. The van der Waals surface area contributed by atoms with Crippen molar-refractivity contribution >= 4 is 5.97 Å². The smallest absolute Gasteiger partial charge is 0.373 e. The number of aromatic nitrogens is 1. The van der Waals surface area contributed by atoms with E-state index in [0.29, 0.717) is 30.7 Å². The lowest BCUT2D eigenvalue weighted by molar-refractivity contribution is 0.0647. The van der Waals surface area contributed by atoms with Crippen LogP contribution in [0.3, 0.4) is 0 Å². The summed E-state index contributed by atoms with van der Waals surface area (Å²) < 4.78 is 10.7. The molecule has 92 valence electrons. The number of carboxylic acids is 1. The lowest BCUT2D eigenvalue weighted by atomic mass is 9.95. The van der Waals surface area contributed by atoms with Crippen molar-refractivity contribution in [1.29, 1.82) is 0 Å². The third-order valence-electron chi connectivity index (χ3n) is 3.40. The summed E-state index contributed by atoms with van der Waals surface area (Å²) in [6, 6.07) is 0. The van der Waals surface area contributed by atoms with Crippen molar-refractivity contribution in [1.82, 2.24) is 4.98 Å². The van der Waals surface area contributed by atoms with E-state index < -0.39 is 5.97 Å². The fourth-order valence-electron chi connectivity index (χ4n) is 2.25. The zero-order valence-electron chi connectivity index (χ0n) is 9.52. The van der Waals surface area contributed by atoms with Crippen LogP contribution in [0.4, 0.5) is 0 Å². The number of ether oxygens (including phenoxy) is 1. The van der Waals surface area contributed by atoms with Gasteiger partial charge < -0.3 is 14.3 Å². The van der Waals surface area contributed by atoms with E-state index in [1.165, 1.54) is 0 Å². The highest BCUT2D eigenvalue weighted by atomic mass is 16.5. The maximum absolute atomic E-state index is 11.2. The number of hydrogen-bond donors (Lipinski definition) is 1. The van der Waals surface area contributed by atoms with Crippen LogP contribution in [0.2, 0.25) is 0 Å². The molecule has 1 saturated carbocycles. The largest absolute Gasteiger partial charge is 0.475 e. The summed E-state index contributed by atoms with van der Waals surface area (Å²) in [4.78, 5) is 15.6. The molecule has 0 radical (unpaired) electrons. The van der Waals surface area contributed by atoms with E-state index in [1.807, 2.05) is 0 Å². The van der Waals surface area contributed by atoms with Crippen molar-refractivity contribution in [2.75, 3.05) is 13.2 Å². The zero-order valence-corrected chi connectivity index (χ0v) is 9.52. The Bertz CT molecular complexity index is 430. The molecule has 0 unspecified atom stereocenters. The molecule has 5 nitrogen and oxygen atoms in total. The first-order chi connectivity index (χ1) is 8.25. The van der Waals surface area contributed by atoms with Gasteiger partial charge in [0.15, 0.2) is 5.89 Å². The number of nitrogens with zero attached hydrogens (tertiary/aromatic N) is 1. The number of carbonyl (C=O) groups is 1. The lowest BCUT2D eigenvalue weighted by Crippen LogP contribution is -2.16. The van der Waals surface area contributed by atoms with Crippen molar-refractivity contribution < 1.29 is 19.1 Å². The highest BCUT2D eigenvalue weighted by Gasteiger charge is 2.34. The molecule has 1 aliphatic carbocycles. The van der Waals surface area contributed by atoms with Gasteiger partial charge in [-0.2, -0.15) is 0 Å². The SMILES string of the molecule is O=C(O)c1oc(C2CC2)nc1C1CCOCC1. The maximum Gasteiger partial charge on any atom is 0.373 e. The average molecular weight is 237 g/mol. The molecule has 1 saturated heterocycles. The molecule has 2 aliphatic rings. The van der Waals surface area contributed by atoms with Gasteiger partial charge in [0.2, 0.25) is 5.76 Å². The topological polar surface area (TPSA) is 72.6 Å². The highest BCUT2D eigenvalue weighted by Crippen LogP contribution is 2.41. The summed E-state index contributed by atoms with van der Waals surface area (Å²) in [7, 11) is 0. The van der Waals surface area contributed by atoms with Crippen LogP contribution in [0.5, 0.6) is 0 Å². The molecular formula is C12H15NO4. The van der Waals surface area contributed by atoms with Gasteiger partial charge in [-0.05, 0) is 25.7 Å². The van der Waals surface area contributed by atoms with Gasteiger partial charge >= 0.3 is 5.97 Å². The zero-order chi connectivity index (χ0) is 11.8. The van der Waals surface area contributed by atoms with Gasteiger partial charge in [0, 0.05) is 25.0 Å². The van der Waals surface area contributed by atoms with Gasteiger partial charge in [-0.15, -0.1) is 0 Å². The summed E-state index contributed by atoms with van der Waals surface area (Å²) in [6.45, 7) is 1.35. The molecule has 2 fully saturated rings. The van der Waals surface area contributed by atoms with E-state index in [0.717, 1.165) is 25.7 Å². The van der Waals surface area contributed by atoms with Gasteiger partial charge in [-0.3, -0.25) is 0 Å². The second-order valence-corrected chi connectivity index (χ2v) is 4.73. The second kappa shape index (κ2) is 4.14. The number of carboxylic acid groups (broad SMARTS) is 1. The van der Waals surface area contributed by atoms with Crippen LogP contribution < -0.4 is 0 Å². The van der Waals surface area contributed by atoms with Crippen LogP contribution in [-0.4, -0.2) is 29.3 Å². The summed E-state index contributed by atoms with van der Waals surface area (Å²) >= 11 is 0. The normalized spacial score (nSPS) is 21.6. The molecule has 0 atom stereocenters. The van der Waals surface area contributed by atoms with Crippen LogP contribution in [-0.2, 0) is 4.74 Å². The standard InChI is InChI=1S/C12H15NO4/c14-12(15)10-9(7-3-5-16-6-4-7)13-11(17-10)8-1-2-8/h7-8H,1-6H2,(H,14,15). The Morgan fingerprint density at radius 1 is 1.18 bits per heavy atom. The number of aromatic carboxylic acids is 1. The van der Waals surface area contributed by atoms with Crippen molar-refractivity contribution in [3.63, 3.8) is 0 Å². The average Bonchev–Trinajstić information content (AvgIpc) is 3.09. The Hall–Kier alpha value is -1.36. The van der Waals surface area contributed by atoms with Crippen LogP contribution in [0.1, 0.15) is 59.7 Å². The molecule has 3 rings (SSSR count). The van der Waals surface area contributed by atoms with Crippen LogP contribution in [0.25, 0.3) is 0 Å². The Morgan fingerprint density at radius 2 is 1.88 bits per heavy atom. The molecule has 1 N–H and O–H groups in total. The number of hydrogen-bond acceptors (Lipinski definition) is 4. The molecule has 0 amide bonds. The van der Waals surface area contributed by atoms with Crippen molar-refractivity contribution in [3.8, 4) is 0 Å². The third-order valence-corrected chi connectivity index (χ3v) is 3.40. The number of oxazole rings is 1. The minimum absolute atomic E-state index is 0.0406. The van der Waals surface area contributed by atoms with E-state index in [9.17, 15) is 4.79 Å². The van der Waals surface area contributed by atoms with Crippen LogP contribution in [0, 0.1) is 0 Å². The molecule has 1 aromatic heterocycles. The first-order valence-corrected chi connectivity index (χ1v) is 6.07. The van der Waals surface area contributed by atoms with Crippen molar-refractivity contribution in [2.24, 2.45) is 0 Å². The van der Waals surface area contributed by atoms with E-state index in [4.69, 9.17) is 14.3 Å². The third kappa shape index (κ3) is 2.07. The van der Waals surface area contributed by atoms with E-state index in [1.54, 1.807) is 0 Å². The summed E-state index contributed by atoms with van der Waals surface area (Å²) in [5.74, 6) is 0.168. The molecule has 2 heterocycles. The fourth-order valence-corrected chi connectivity index (χ4v) is 2.25. The Labute approximate surface area is 98.8 Å². The maximum atomic E-state index is 11.2. The Balaban J connectivity index is 1.91. The van der Waals surface area contributed by atoms with Crippen LogP contribution >= 0.6 is 0 Å². The molecule has 0 aromatic carbocycles. The van der Waals surface area contributed by atoms with Crippen LogP contribution in [0.15, 0.2) is 4.42 Å². The Kier molecular flexibility index (Phi) is 2.63. The quantitative estimate of drug-likeness (QED) is 0.871. The predicted octanol–water partition coefficient (Wildman–Crippen LogP) is 2.14. The lowest BCUT2D eigenvalue weighted by Gasteiger charge is -2.20. The second-order valence-electron chi connectivity index (χ2n) is 4.73. The monoisotopic (exact) mass is 237 g/mol. The molecule has 5 heteroatoms. The summed E-state index contributed by atoms with van der Waals surface area (Å²) in [5, 5.41) is 9.15. The minimum Gasteiger partial charge on any atom is -0.475 e. The summed E-state index contributed by atoms with van der Waals surface area (Å²) in [5.41, 5.74) is 0.628. The van der Waals surface area contributed by atoms with E-state index in [-0.39, 0.29) is 11.7 Å². The summed E-state index contributed by atoms with van der Waals surface area (Å²) in [6.07, 6.45) is 3.79. The predicted molar refractivity (Wildman–Crippen MR) is 58.2 cm³/mol. The van der Waals surface area contributed by atoms with Crippen molar-refractivity contribution in [2.45, 2.75) is 37.5 Å². The molecule has 1 aromatic rings.